The summed E-state index contributed by atoms with van der Waals surface area (Å²) in [6, 6.07) is -0.0414. The molecule has 0 atom stereocenters. The standard InChI is InChI=1S/C12H27N3O2S/c1-5-15(12(10-13)8-6-7-9-12)18(16,17)14(4)11(2)3/h11H,5-10,13H2,1-4H3. The van der Waals surface area contributed by atoms with E-state index in [1.807, 2.05) is 20.8 Å². The van der Waals surface area contributed by atoms with Crippen molar-refractivity contribution in [3.05, 3.63) is 0 Å². The van der Waals surface area contributed by atoms with Crippen LogP contribution in [0.3, 0.4) is 0 Å². The largest absolute Gasteiger partial charge is 0.329 e. The number of nitrogens with two attached hydrogens (primary N) is 1. The Bertz CT molecular complexity index is 362. The van der Waals surface area contributed by atoms with Crippen LogP contribution in [0.2, 0.25) is 0 Å². The van der Waals surface area contributed by atoms with Crippen molar-refractivity contribution in [3.63, 3.8) is 0 Å². The van der Waals surface area contributed by atoms with Crippen molar-refractivity contribution in [3.8, 4) is 0 Å². The first kappa shape index (κ1) is 15.9. The van der Waals surface area contributed by atoms with Crippen LogP contribution in [0.5, 0.6) is 0 Å². The third-order valence-electron chi connectivity index (χ3n) is 4.10. The fourth-order valence-electron chi connectivity index (χ4n) is 2.75. The smallest absolute Gasteiger partial charge is 0.282 e. The molecule has 0 unspecified atom stereocenters. The van der Waals surface area contributed by atoms with E-state index in [1.54, 1.807) is 11.4 Å². The quantitative estimate of drug-likeness (QED) is 0.792. The topological polar surface area (TPSA) is 66.6 Å². The average Bonchev–Trinajstić information content (AvgIpc) is 2.78. The van der Waals surface area contributed by atoms with Crippen LogP contribution in [0.1, 0.15) is 46.5 Å². The Morgan fingerprint density at radius 3 is 2.11 bits per heavy atom. The first-order valence-corrected chi connectivity index (χ1v) is 8.17. The van der Waals surface area contributed by atoms with Crippen LogP contribution in [0.4, 0.5) is 0 Å². The number of nitrogens with zero attached hydrogens (tertiary/aromatic N) is 2. The molecule has 5 nitrogen and oxygen atoms in total. The summed E-state index contributed by atoms with van der Waals surface area (Å²) in [5.41, 5.74) is 5.53. The second-order valence-electron chi connectivity index (χ2n) is 5.42. The second kappa shape index (κ2) is 5.86. The van der Waals surface area contributed by atoms with Gasteiger partial charge in [-0.15, -0.1) is 0 Å². The van der Waals surface area contributed by atoms with Gasteiger partial charge in [0.1, 0.15) is 0 Å². The molecule has 1 fully saturated rings. The summed E-state index contributed by atoms with van der Waals surface area (Å²) in [4.78, 5) is 0. The Kier molecular flexibility index (Phi) is 5.17. The van der Waals surface area contributed by atoms with E-state index in [2.05, 4.69) is 0 Å². The summed E-state index contributed by atoms with van der Waals surface area (Å²) >= 11 is 0. The fraction of sp³-hybridized carbons (Fsp3) is 1.00. The van der Waals surface area contributed by atoms with Gasteiger partial charge in [-0.1, -0.05) is 19.8 Å². The Morgan fingerprint density at radius 2 is 1.78 bits per heavy atom. The van der Waals surface area contributed by atoms with E-state index >= 15 is 0 Å². The molecule has 1 rings (SSSR count). The SMILES string of the molecule is CCN(C1(CN)CCCC1)S(=O)(=O)N(C)C(C)C. The van der Waals surface area contributed by atoms with E-state index in [0.717, 1.165) is 25.7 Å². The molecule has 0 aromatic rings. The van der Waals surface area contributed by atoms with Crippen LogP contribution in [0, 0.1) is 0 Å². The zero-order valence-corrected chi connectivity index (χ0v) is 12.8. The lowest BCUT2D eigenvalue weighted by Crippen LogP contribution is -2.58. The predicted octanol–water partition coefficient (Wildman–Crippen LogP) is 1.16. The van der Waals surface area contributed by atoms with Gasteiger partial charge in [0.05, 0.1) is 0 Å². The zero-order valence-electron chi connectivity index (χ0n) is 12.0. The minimum Gasteiger partial charge on any atom is -0.329 e. The van der Waals surface area contributed by atoms with Gasteiger partial charge in [0, 0.05) is 31.7 Å². The summed E-state index contributed by atoms with van der Waals surface area (Å²) in [7, 11) is -1.78. The summed E-state index contributed by atoms with van der Waals surface area (Å²) < 4.78 is 28.4. The van der Waals surface area contributed by atoms with Crippen LogP contribution in [0.15, 0.2) is 0 Å². The van der Waals surface area contributed by atoms with E-state index in [9.17, 15) is 8.42 Å². The minimum atomic E-state index is -3.42. The second-order valence-corrected chi connectivity index (χ2v) is 7.33. The highest BCUT2D eigenvalue weighted by molar-refractivity contribution is 7.86. The average molecular weight is 277 g/mol. The van der Waals surface area contributed by atoms with Gasteiger partial charge in [-0.3, -0.25) is 0 Å². The molecule has 0 spiro atoms. The minimum absolute atomic E-state index is 0.0414. The van der Waals surface area contributed by atoms with Gasteiger partial charge in [0.25, 0.3) is 10.2 Å². The van der Waals surface area contributed by atoms with E-state index < -0.39 is 10.2 Å². The maximum absolute atomic E-state index is 12.7. The van der Waals surface area contributed by atoms with Gasteiger partial charge < -0.3 is 5.73 Å². The van der Waals surface area contributed by atoms with Crippen LogP contribution in [0.25, 0.3) is 0 Å². The first-order valence-electron chi connectivity index (χ1n) is 6.77. The van der Waals surface area contributed by atoms with Crippen molar-refractivity contribution >= 4 is 10.2 Å². The van der Waals surface area contributed by atoms with Gasteiger partial charge in [0.15, 0.2) is 0 Å². The molecule has 1 aliphatic rings. The van der Waals surface area contributed by atoms with Crippen molar-refractivity contribution in [1.82, 2.24) is 8.61 Å². The lowest BCUT2D eigenvalue weighted by atomic mass is 9.98. The molecule has 0 saturated heterocycles. The molecule has 1 saturated carbocycles. The Balaban J connectivity index is 3.09. The zero-order chi connectivity index (χ0) is 14.0. The monoisotopic (exact) mass is 277 g/mol. The molecular formula is C12H27N3O2S. The van der Waals surface area contributed by atoms with Crippen LogP contribution >= 0.6 is 0 Å². The lowest BCUT2D eigenvalue weighted by molar-refractivity contribution is 0.188. The number of hydrogen-bond acceptors (Lipinski definition) is 3. The summed E-state index contributed by atoms with van der Waals surface area (Å²) in [5, 5.41) is 0. The van der Waals surface area contributed by atoms with Crippen molar-refractivity contribution < 1.29 is 8.42 Å². The Labute approximate surface area is 112 Å². The number of likely N-dealkylation sites (N-methyl/N-ethyl adjacent to an activating group) is 1. The molecule has 0 heterocycles. The van der Waals surface area contributed by atoms with Crippen molar-refractivity contribution in [2.75, 3.05) is 20.1 Å². The van der Waals surface area contributed by atoms with Gasteiger partial charge in [-0.25, -0.2) is 0 Å². The van der Waals surface area contributed by atoms with E-state index in [1.165, 1.54) is 4.31 Å². The van der Waals surface area contributed by atoms with E-state index in [0.29, 0.717) is 13.1 Å². The molecule has 108 valence electrons. The molecule has 0 aromatic carbocycles. The van der Waals surface area contributed by atoms with Crippen LogP contribution in [-0.4, -0.2) is 48.7 Å². The van der Waals surface area contributed by atoms with Gasteiger partial charge in [-0.05, 0) is 26.7 Å². The highest BCUT2D eigenvalue weighted by atomic mass is 32.2. The van der Waals surface area contributed by atoms with E-state index in [-0.39, 0.29) is 11.6 Å². The number of hydrogen-bond donors (Lipinski definition) is 1. The summed E-state index contributed by atoms with van der Waals surface area (Å²) in [5.74, 6) is 0. The van der Waals surface area contributed by atoms with Crippen LogP contribution in [-0.2, 0) is 10.2 Å². The maximum Gasteiger partial charge on any atom is 0.282 e. The molecule has 0 amide bonds. The predicted molar refractivity (Wildman–Crippen MR) is 74.5 cm³/mol. The Hall–Kier alpha value is -0.170. The lowest BCUT2D eigenvalue weighted by Gasteiger charge is -2.41. The summed E-state index contributed by atoms with van der Waals surface area (Å²) in [6.07, 6.45) is 3.88. The van der Waals surface area contributed by atoms with Gasteiger partial charge in [-0.2, -0.15) is 17.0 Å². The normalized spacial score (nSPS) is 20.2. The highest BCUT2D eigenvalue weighted by Gasteiger charge is 2.45. The third kappa shape index (κ3) is 2.71. The molecule has 0 bridgehead atoms. The maximum atomic E-state index is 12.7. The molecule has 6 heteroatoms. The molecule has 0 aromatic heterocycles. The van der Waals surface area contributed by atoms with Gasteiger partial charge >= 0.3 is 0 Å². The van der Waals surface area contributed by atoms with Crippen molar-refractivity contribution in [2.45, 2.75) is 58.0 Å². The third-order valence-corrected chi connectivity index (χ3v) is 6.45. The van der Waals surface area contributed by atoms with Crippen molar-refractivity contribution in [2.24, 2.45) is 5.73 Å². The molecule has 18 heavy (non-hydrogen) atoms. The molecule has 2 N–H and O–H groups in total. The molecule has 0 radical (unpaired) electrons. The van der Waals surface area contributed by atoms with E-state index in [4.69, 9.17) is 5.73 Å². The van der Waals surface area contributed by atoms with Crippen molar-refractivity contribution in [1.29, 1.82) is 0 Å². The first-order chi connectivity index (χ1) is 8.31. The molecule has 1 aliphatic carbocycles. The fourth-order valence-corrected chi connectivity index (χ4v) is 4.67. The highest BCUT2D eigenvalue weighted by Crippen LogP contribution is 2.36. The van der Waals surface area contributed by atoms with Crippen LogP contribution < -0.4 is 5.73 Å². The number of rotatable bonds is 6. The summed E-state index contributed by atoms with van der Waals surface area (Å²) in [6.45, 7) is 6.55. The molecule has 0 aliphatic heterocycles. The Morgan fingerprint density at radius 1 is 1.28 bits per heavy atom. The molecular weight excluding hydrogens is 250 g/mol. The van der Waals surface area contributed by atoms with Gasteiger partial charge in [0.2, 0.25) is 0 Å².